The molecule has 0 amide bonds. The zero-order chi connectivity index (χ0) is 19.7. The molecule has 3 heterocycles. The quantitative estimate of drug-likeness (QED) is 0.748. The van der Waals surface area contributed by atoms with E-state index < -0.39 is 0 Å². The molecule has 0 saturated carbocycles. The van der Waals surface area contributed by atoms with Crippen molar-refractivity contribution in [3.8, 4) is 22.8 Å². The molecule has 1 saturated heterocycles. The van der Waals surface area contributed by atoms with Crippen LogP contribution in [0.1, 0.15) is 6.92 Å². The Balaban J connectivity index is 1.75. The first kappa shape index (κ1) is 18.3. The number of hydrogen-bond acceptors (Lipinski definition) is 6. The van der Waals surface area contributed by atoms with Gasteiger partial charge in [-0.2, -0.15) is 0 Å². The van der Waals surface area contributed by atoms with Crippen molar-refractivity contribution in [2.24, 2.45) is 0 Å². The Labute approximate surface area is 163 Å². The van der Waals surface area contributed by atoms with Gasteiger partial charge in [0, 0.05) is 43.5 Å². The molecule has 1 atom stereocenters. The molecule has 3 aromatic rings. The van der Waals surface area contributed by atoms with Gasteiger partial charge in [0.2, 0.25) is 0 Å². The number of aromatic nitrogens is 2. The number of hydrogen-bond donors (Lipinski definition) is 1. The van der Waals surface area contributed by atoms with Gasteiger partial charge < -0.3 is 19.7 Å². The lowest BCUT2D eigenvalue weighted by atomic mass is 10.1. The lowest BCUT2D eigenvalue weighted by Gasteiger charge is -2.35. The lowest BCUT2D eigenvalue weighted by molar-refractivity contribution is 0.355. The Bertz CT molecular complexity index is 1060. The highest BCUT2D eigenvalue weighted by Crippen LogP contribution is 2.31. The standard InChI is InChI=1S/C21H24N4O3/c1-14-12-22-8-9-24(14)16-5-7-20-23-17(11-21(26)25(20)13-16)15-4-6-18(27-2)19(10-15)28-3/h4-7,10-11,13-14,22H,8-9,12H2,1-3H3/t14-/m1/s1. The zero-order valence-corrected chi connectivity index (χ0v) is 16.3. The van der Waals surface area contributed by atoms with Gasteiger partial charge in [0.1, 0.15) is 5.65 Å². The minimum Gasteiger partial charge on any atom is -0.493 e. The van der Waals surface area contributed by atoms with Crippen molar-refractivity contribution >= 4 is 11.3 Å². The highest BCUT2D eigenvalue weighted by molar-refractivity contribution is 5.66. The molecule has 4 rings (SSSR count). The summed E-state index contributed by atoms with van der Waals surface area (Å²) in [6.07, 6.45) is 1.88. The van der Waals surface area contributed by atoms with E-state index in [4.69, 9.17) is 9.47 Å². The van der Waals surface area contributed by atoms with Gasteiger partial charge in [-0.15, -0.1) is 0 Å². The van der Waals surface area contributed by atoms with Gasteiger partial charge >= 0.3 is 0 Å². The van der Waals surface area contributed by atoms with Crippen LogP contribution in [0, 0.1) is 0 Å². The van der Waals surface area contributed by atoms with Crippen molar-refractivity contribution in [3.05, 3.63) is 52.9 Å². The van der Waals surface area contributed by atoms with Crippen molar-refractivity contribution in [1.82, 2.24) is 14.7 Å². The van der Waals surface area contributed by atoms with Crippen LogP contribution in [0.4, 0.5) is 5.69 Å². The number of nitrogens with zero attached hydrogens (tertiary/aromatic N) is 3. The molecule has 7 nitrogen and oxygen atoms in total. The van der Waals surface area contributed by atoms with E-state index >= 15 is 0 Å². The van der Waals surface area contributed by atoms with Crippen molar-refractivity contribution in [2.75, 3.05) is 38.8 Å². The topological polar surface area (TPSA) is 68.1 Å². The van der Waals surface area contributed by atoms with Gasteiger partial charge in [-0.3, -0.25) is 9.20 Å². The number of ether oxygens (including phenoxy) is 2. The molecule has 146 valence electrons. The smallest absolute Gasteiger partial charge is 0.258 e. The molecule has 0 bridgehead atoms. The third kappa shape index (κ3) is 3.29. The molecular formula is C21H24N4O3. The predicted octanol–water partition coefficient (Wildman–Crippen LogP) is 2.18. The maximum absolute atomic E-state index is 12.8. The van der Waals surface area contributed by atoms with Gasteiger partial charge in [-0.1, -0.05) is 0 Å². The molecular weight excluding hydrogens is 356 g/mol. The summed E-state index contributed by atoms with van der Waals surface area (Å²) in [6.45, 7) is 4.97. The number of benzene rings is 1. The summed E-state index contributed by atoms with van der Waals surface area (Å²) in [4.78, 5) is 19.8. The zero-order valence-electron chi connectivity index (χ0n) is 16.3. The molecule has 2 aromatic heterocycles. The van der Waals surface area contributed by atoms with Gasteiger partial charge in [0.15, 0.2) is 11.5 Å². The van der Waals surface area contributed by atoms with Crippen LogP contribution in [0.25, 0.3) is 16.9 Å². The summed E-state index contributed by atoms with van der Waals surface area (Å²) in [5, 5.41) is 3.38. The van der Waals surface area contributed by atoms with E-state index in [1.54, 1.807) is 24.7 Å². The van der Waals surface area contributed by atoms with E-state index in [1.165, 1.54) is 0 Å². The summed E-state index contributed by atoms with van der Waals surface area (Å²) < 4.78 is 12.2. The van der Waals surface area contributed by atoms with Crippen LogP contribution in [-0.2, 0) is 0 Å². The first-order valence-corrected chi connectivity index (χ1v) is 9.34. The van der Waals surface area contributed by atoms with Crippen LogP contribution < -0.4 is 25.2 Å². The van der Waals surface area contributed by atoms with Crippen molar-refractivity contribution in [2.45, 2.75) is 13.0 Å². The summed E-state index contributed by atoms with van der Waals surface area (Å²) in [5.74, 6) is 1.24. The number of methoxy groups -OCH3 is 2. The second-order valence-electron chi connectivity index (χ2n) is 6.91. The SMILES string of the molecule is COc1ccc(-c2cc(=O)n3cc(N4CCNC[C@H]4C)ccc3n2)cc1OC. The Hall–Kier alpha value is -3.06. The average Bonchev–Trinajstić information content (AvgIpc) is 2.73. The number of piperazine rings is 1. The van der Waals surface area contributed by atoms with Crippen LogP contribution in [0.2, 0.25) is 0 Å². The van der Waals surface area contributed by atoms with E-state index in [9.17, 15) is 4.79 Å². The second kappa shape index (κ2) is 7.52. The average molecular weight is 380 g/mol. The third-order valence-corrected chi connectivity index (χ3v) is 5.16. The molecule has 0 spiro atoms. The summed E-state index contributed by atoms with van der Waals surface area (Å²) in [6, 6.07) is 11.4. The van der Waals surface area contributed by atoms with E-state index in [1.807, 2.05) is 36.5 Å². The van der Waals surface area contributed by atoms with Crippen LogP contribution in [0.15, 0.2) is 47.4 Å². The largest absolute Gasteiger partial charge is 0.493 e. The molecule has 0 unspecified atom stereocenters. The van der Waals surface area contributed by atoms with Crippen LogP contribution >= 0.6 is 0 Å². The van der Waals surface area contributed by atoms with Crippen molar-refractivity contribution < 1.29 is 9.47 Å². The Kier molecular flexibility index (Phi) is 4.92. The highest BCUT2D eigenvalue weighted by Gasteiger charge is 2.19. The number of anilines is 1. The lowest BCUT2D eigenvalue weighted by Crippen LogP contribution is -2.50. The molecule has 28 heavy (non-hydrogen) atoms. The molecule has 0 radical (unpaired) electrons. The molecule has 1 aliphatic heterocycles. The first-order chi connectivity index (χ1) is 13.6. The van der Waals surface area contributed by atoms with E-state index in [0.29, 0.717) is 28.9 Å². The summed E-state index contributed by atoms with van der Waals surface area (Å²) in [5.41, 5.74) is 2.94. The summed E-state index contributed by atoms with van der Waals surface area (Å²) >= 11 is 0. The number of pyridine rings is 1. The number of rotatable bonds is 4. The van der Waals surface area contributed by atoms with E-state index in [2.05, 4.69) is 22.1 Å². The third-order valence-electron chi connectivity index (χ3n) is 5.16. The first-order valence-electron chi connectivity index (χ1n) is 9.34. The van der Waals surface area contributed by atoms with Gasteiger partial charge in [0.05, 0.1) is 25.6 Å². The maximum atomic E-state index is 12.8. The summed E-state index contributed by atoms with van der Waals surface area (Å²) in [7, 11) is 3.18. The fraction of sp³-hybridized carbons (Fsp3) is 0.333. The predicted molar refractivity (Wildman–Crippen MR) is 110 cm³/mol. The van der Waals surface area contributed by atoms with Crippen molar-refractivity contribution in [3.63, 3.8) is 0 Å². The molecule has 0 aliphatic carbocycles. The normalized spacial score (nSPS) is 17.0. The minimum absolute atomic E-state index is 0.112. The minimum atomic E-state index is -0.112. The maximum Gasteiger partial charge on any atom is 0.258 e. The molecule has 1 N–H and O–H groups in total. The van der Waals surface area contributed by atoms with Gasteiger partial charge in [0.25, 0.3) is 5.56 Å². The van der Waals surface area contributed by atoms with Crippen LogP contribution in [0.5, 0.6) is 11.5 Å². The highest BCUT2D eigenvalue weighted by atomic mass is 16.5. The van der Waals surface area contributed by atoms with Crippen LogP contribution in [0.3, 0.4) is 0 Å². The molecule has 7 heteroatoms. The Morgan fingerprint density at radius 2 is 1.93 bits per heavy atom. The molecule has 1 aliphatic rings. The monoisotopic (exact) mass is 380 g/mol. The van der Waals surface area contributed by atoms with Crippen LogP contribution in [-0.4, -0.2) is 49.3 Å². The Morgan fingerprint density at radius 3 is 2.68 bits per heavy atom. The fourth-order valence-corrected chi connectivity index (χ4v) is 3.63. The van der Waals surface area contributed by atoms with E-state index in [0.717, 1.165) is 30.9 Å². The van der Waals surface area contributed by atoms with E-state index in [-0.39, 0.29) is 5.56 Å². The van der Waals surface area contributed by atoms with Crippen molar-refractivity contribution in [1.29, 1.82) is 0 Å². The number of nitrogens with one attached hydrogen (secondary N) is 1. The van der Waals surface area contributed by atoms with Gasteiger partial charge in [-0.25, -0.2) is 4.98 Å². The Morgan fingerprint density at radius 1 is 1.11 bits per heavy atom. The molecule has 1 aromatic carbocycles. The fourth-order valence-electron chi connectivity index (χ4n) is 3.63. The second-order valence-corrected chi connectivity index (χ2v) is 6.91. The van der Waals surface area contributed by atoms with Gasteiger partial charge in [-0.05, 0) is 37.3 Å². The molecule has 1 fully saturated rings. The number of fused-ring (bicyclic) bond motifs is 1.